The minimum atomic E-state index is -3.68. The van der Waals surface area contributed by atoms with Gasteiger partial charge in [-0.15, -0.1) is 10.2 Å². The van der Waals surface area contributed by atoms with Gasteiger partial charge >= 0.3 is 0 Å². The van der Waals surface area contributed by atoms with Crippen molar-refractivity contribution in [3.63, 3.8) is 0 Å². The molecule has 1 unspecified atom stereocenters. The maximum absolute atomic E-state index is 12.6. The third kappa shape index (κ3) is 4.40. The van der Waals surface area contributed by atoms with Crippen LogP contribution in [0.3, 0.4) is 0 Å². The summed E-state index contributed by atoms with van der Waals surface area (Å²) in [5, 5.41) is 9.68. The smallest absolute Gasteiger partial charge is 0.241 e. The third-order valence-electron chi connectivity index (χ3n) is 4.10. The van der Waals surface area contributed by atoms with Gasteiger partial charge in [-0.3, -0.25) is 0 Å². The van der Waals surface area contributed by atoms with E-state index in [2.05, 4.69) is 14.9 Å². The van der Waals surface area contributed by atoms with Crippen LogP contribution >= 0.6 is 23.4 Å². The van der Waals surface area contributed by atoms with Gasteiger partial charge in [0.2, 0.25) is 10.0 Å². The molecule has 1 N–H and O–H groups in total. The number of halogens is 1. The van der Waals surface area contributed by atoms with Crippen LogP contribution in [-0.2, 0) is 21.3 Å². The number of nitrogens with zero attached hydrogens (tertiary/aromatic N) is 3. The molecule has 2 atom stereocenters. The highest BCUT2D eigenvalue weighted by atomic mass is 35.5. The Morgan fingerprint density at radius 3 is 2.65 bits per heavy atom. The molecule has 2 heterocycles. The Bertz CT molecular complexity index is 851. The first-order chi connectivity index (χ1) is 12.4. The fraction of sp³-hybridized carbons (Fsp3) is 0.500. The van der Waals surface area contributed by atoms with E-state index in [9.17, 15) is 8.42 Å². The van der Waals surface area contributed by atoms with Gasteiger partial charge in [0.1, 0.15) is 0 Å². The van der Waals surface area contributed by atoms with Crippen LogP contribution in [0, 0.1) is 0 Å². The van der Waals surface area contributed by atoms with Crippen LogP contribution in [0.25, 0.3) is 0 Å². The summed E-state index contributed by atoms with van der Waals surface area (Å²) in [5.41, 5.74) is 0. The second-order valence-corrected chi connectivity index (χ2v) is 9.11. The van der Waals surface area contributed by atoms with Gasteiger partial charge < -0.3 is 9.30 Å². The summed E-state index contributed by atoms with van der Waals surface area (Å²) in [7, 11) is -3.68. The van der Waals surface area contributed by atoms with Gasteiger partial charge in [0.15, 0.2) is 11.0 Å². The number of hydrogen-bond donors (Lipinski definition) is 1. The zero-order valence-corrected chi connectivity index (χ0v) is 16.9. The van der Waals surface area contributed by atoms with Gasteiger partial charge in [0.05, 0.1) is 17.0 Å². The molecule has 0 spiro atoms. The summed E-state index contributed by atoms with van der Waals surface area (Å²) in [5.74, 6) is 1.41. The molecule has 26 heavy (non-hydrogen) atoms. The summed E-state index contributed by atoms with van der Waals surface area (Å²) in [4.78, 5) is 0.160. The highest BCUT2D eigenvalue weighted by Crippen LogP contribution is 2.25. The monoisotopic (exact) mass is 416 g/mol. The highest BCUT2D eigenvalue weighted by molar-refractivity contribution is 7.99. The molecule has 3 rings (SSSR count). The first-order valence-corrected chi connectivity index (χ1v) is 11.2. The average Bonchev–Trinajstić information content (AvgIpc) is 2.96. The molecule has 0 amide bonds. The van der Waals surface area contributed by atoms with Gasteiger partial charge in [-0.05, 0) is 44.5 Å². The van der Waals surface area contributed by atoms with E-state index in [4.69, 9.17) is 16.3 Å². The van der Waals surface area contributed by atoms with Gasteiger partial charge in [-0.25, -0.2) is 13.1 Å². The number of thioether (sulfide) groups is 1. The third-order valence-corrected chi connectivity index (χ3v) is 7.00. The van der Waals surface area contributed by atoms with Gasteiger partial charge in [-0.2, -0.15) is 0 Å². The van der Waals surface area contributed by atoms with Crippen LogP contribution in [0.1, 0.15) is 32.1 Å². The molecule has 7 nitrogen and oxygen atoms in total. The van der Waals surface area contributed by atoms with Crippen LogP contribution in [0.4, 0.5) is 0 Å². The summed E-state index contributed by atoms with van der Waals surface area (Å²) in [6, 6.07) is 5.53. The molecule has 1 aliphatic rings. The minimum absolute atomic E-state index is 0.160. The van der Waals surface area contributed by atoms with Crippen LogP contribution in [-0.4, -0.2) is 41.6 Å². The van der Waals surface area contributed by atoms with Crippen LogP contribution in [0.5, 0.6) is 0 Å². The van der Waals surface area contributed by atoms with Crippen LogP contribution in [0.15, 0.2) is 34.3 Å². The lowest BCUT2D eigenvalue weighted by atomic mass is 10.2. The van der Waals surface area contributed by atoms with Crippen LogP contribution < -0.4 is 4.72 Å². The molecule has 142 valence electrons. The first-order valence-electron chi connectivity index (χ1n) is 8.36. The SMILES string of the molecule is CCn1c(SCC2CCO2)nnc1[C@@H](C)NS(=O)(=O)c1ccc(Cl)cc1. The summed E-state index contributed by atoms with van der Waals surface area (Å²) in [6.07, 6.45) is 1.34. The lowest BCUT2D eigenvalue weighted by molar-refractivity contribution is -0.0343. The number of sulfonamides is 1. The molecule has 0 bridgehead atoms. The number of hydrogen-bond acceptors (Lipinski definition) is 6. The Labute approximate surface area is 162 Å². The molecule has 1 saturated heterocycles. The number of ether oxygens (including phenoxy) is 1. The molecule has 0 radical (unpaired) electrons. The number of benzene rings is 1. The average molecular weight is 417 g/mol. The van der Waals surface area contributed by atoms with Crippen molar-refractivity contribution in [1.29, 1.82) is 0 Å². The van der Waals surface area contributed by atoms with E-state index < -0.39 is 16.1 Å². The van der Waals surface area contributed by atoms with Gasteiger partial charge in [0.25, 0.3) is 0 Å². The van der Waals surface area contributed by atoms with Crippen molar-refractivity contribution in [1.82, 2.24) is 19.5 Å². The van der Waals surface area contributed by atoms with Crippen molar-refractivity contribution in [3.8, 4) is 0 Å². The number of rotatable bonds is 8. The Kier molecular flexibility index (Phi) is 6.24. The molecule has 1 aromatic carbocycles. The molecular formula is C16H21ClN4O3S2. The molecular weight excluding hydrogens is 396 g/mol. The Morgan fingerprint density at radius 1 is 1.38 bits per heavy atom. The highest BCUT2D eigenvalue weighted by Gasteiger charge is 2.25. The van der Waals surface area contributed by atoms with Gasteiger partial charge in [-0.1, -0.05) is 23.4 Å². The molecule has 2 aromatic rings. The summed E-state index contributed by atoms with van der Waals surface area (Å²) >= 11 is 7.41. The Hall–Kier alpha value is -1.13. The van der Waals surface area contributed by atoms with Crippen LogP contribution in [0.2, 0.25) is 5.02 Å². The molecule has 0 aliphatic carbocycles. The molecule has 10 heteroatoms. The van der Waals surface area contributed by atoms with Gasteiger partial charge in [0, 0.05) is 23.9 Å². The number of aromatic nitrogens is 3. The van der Waals surface area contributed by atoms with E-state index >= 15 is 0 Å². The second kappa shape index (κ2) is 8.26. The lowest BCUT2D eigenvalue weighted by Gasteiger charge is -2.25. The van der Waals surface area contributed by atoms with E-state index in [1.807, 2.05) is 11.5 Å². The van der Waals surface area contributed by atoms with E-state index in [1.165, 1.54) is 12.1 Å². The summed E-state index contributed by atoms with van der Waals surface area (Å²) in [6.45, 7) is 5.22. The van der Waals surface area contributed by atoms with E-state index in [1.54, 1.807) is 30.8 Å². The standard InChI is InChI=1S/C16H21ClN4O3S2/c1-3-21-15(18-19-16(21)25-10-13-8-9-24-13)11(2)20-26(22,23)14-6-4-12(17)5-7-14/h4-7,11,13,20H,3,8-10H2,1-2H3/t11-,13?/m1/s1. The van der Waals surface area contributed by atoms with E-state index in [0.29, 0.717) is 17.4 Å². The fourth-order valence-electron chi connectivity index (χ4n) is 2.58. The maximum Gasteiger partial charge on any atom is 0.241 e. The zero-order chi connectivity index (χ0) is 18.7. The minimum Gasteiger partial charge on any atom is -0.377 e. The topological polar surface area (TPSA) is 86.1 Å². The van der Waals surface area contributed by atoms with E-state index in [0.717, 1.165) is 23.9 Å². The quantitative estimate of drug-likeness (QED) is 0.666. The zero-order valence-electron chi connectivity index (χ0n) is 14.6. The molecule has 1 fully saturated rings. The number of nitrogens with one attached hydrogen (secondary N) is 1. The largest absolute Gasteiger partial charge is 0.377 e. The summed E-state index contributed by atoms with van der Waals surface area (Å²) < 4.78 is 35.1. The van der Waals surface area contributed by atoms with E-state index in [-0.39, 0.29) is 11.0 Å². The van der Waals surface area contributed by atoms with Crippen molar-refractivity contribution in [2.24, 2.45) is 0 Å². The molecule has 1 aromatic heterocycles. The fourth-order valence-corrected chi connectivity index (χ4v) is 4.98. The lowest BCUT2D eigenvalue weighted by Crippen LogP contribution is -2.29. The molecule has 1 aliphatic heterocycles. The maximum atomic E-state index is 12.6. The van der Waals surface area contributed by atoms with Crippen molar-refractivity contribution in [3.05, 3.63) is 35.1 Å². The van der Waals surface area contributed by atoms with Crippen molar-refractivity contribution < 1.29 is 13.2 Å². The normalized spacial score (nSPS) is 18.5. The van der Waals surface area contributed by atoms with Crippen molar-refractivity contribution in [2.45, 2.75) is 49.0 Å². The van der Waals surface area contributed by atoms with Crippen molar-refractivity contribution >= 4 is 33.4 Å². The van der Waals surface area contributed by atoms with Crippen molar-refractivity contribution in [2.75, 3.05) is 12.4 Å². The first kappa shape index (κ1) is 19.6. The molecule has 0 saturated carbocycles. The Morgan fingerprint density at radius 2 is 2.08 bits per heavy atom. The second-order valence-electron chi connectivity index (χ2n) is 5.97. The predicted molar refractivity (Wildman–Crippen MR) is 101 cm³/mol. The Balaban J connectivity index is 1.73. The predicted octanol–water partition coefficient (Wildman–Crippen LogP) is 2.87.